The molecule has 2 unspecified atom stereocenters. The summed E-state index contributed by atoms with van der Waals surface area (Å²) in [5, 5.41) is 2.90. The summed E-state index contributed by atoms with van der Waals surface area (Å²) in [6.07, 6.45) is -4.52. The highest BCUT2D eigenvalue weighted by molar-refractivity contribution is 5.43. The van der Waals surface area contributed by atoms with Crippen LogP contribution in [-0.4, -0.2) is 40.5 Å². The number of methoxy groups -OCH3 is 2. The molecular weight excluding hydrogens is 299 g/mol. The Labute approximate surface area is 128 Å². The summed E-state index contributed by atoms with van der Waals surface area (Å²) in [6, 6.07) is 2.89. The monoisotopic (exact) mass is 321 g/mol. The Hall–Kier alpha value is -1.51. The van der Waals surface area contributed by atoms with Crippen LogP contribution >= 0.6 is 0 Å². The molecule has 0 saturated heterocycles. The van der Waals surface area contributed by atoms with Crippen molar-refractivity contribution in [3.63, 3.8) is 0 Å². The van der Waals surface area contributed by atoms with E-state index in [-0.39, 0.29) is 6.42 Å². The highest BCUT2D eigenvalue weighted by Gasteiger charge is 2.40. The molecule has 0 aromatic heterocycles. The van der Waals surface area contributed by atoms with Crippen molar-refractivity contribution in [2.75, 3.05) is 28.3 Å². The molecule has 0 bridgehead atoms. The third-order valence-corrected chi connectivity index (χ3v) is 3.34. The van der Waals surface area contributed by atoms with Crippen LogP contribution in [0.15, 0.2) is 18.2 Å². The van der Waals surface area contributed by atoms with Crippen LogP contribution in [-0.2, 0) is 0 Å². The van der Waals surface area contributed by atoms with Gasteiger partial charge >= 0.3 is 6.18 Å². The summed E-state index contributed by atoms with van der Waals surface area (Å²) < 4.78 is 49.3. The lowest BCUT2D eigenvalue weighted by molar-refractivity contribution is -0.161. The maximum atomic E-state index is 13.0. The molecule has 8 heteroatoms. The second-order valence-corrected chi connectivity index (χ2v) is 4.68. The van der Waals surface area contributed by atoms with Gasteiger partial charge in [0.05, 0.1) is 14.2 Å². The SMILES string of the molecule is CNNC(CC(NC)c1ccc(OC)c(OC)c1)C(F)(F)F. The standard InChI is InChI=1S/C14H22F3N3O2/c1-18-10(8-13(20-19-2)14(15,16)17)9-5-6-11(21-3)12(7-9)22-4/h5-7,10,13,18-20H,8H2,1-4H3. The van der Waals surface area contributed by atoms with E-state index in [2.05, 4.69) is 16.2 Å². The van der Waals surface area contributed by atoms with E-state index >= 15 is 0 Å². The maximum absolute atomic E-state index is 13.0. The van der Waals surface area contributed by atoms with Gasteiger partial charge in [0, 0.05) is 6.04 Å². The van der Waals surface area contributed by atoms with Gasteiger partial charge in [-0.2, -0.15) is 13.2 Å². The number of benzene rings is 1. The van der Waals surface area contributed by atoms with Gasteiger partial charge in [-0.1, -0.05) is 6.07 Å². The molecule has 1 aromatic rings. The summed E-state index contributed by atoms with van der Waals surface area (Å²) in [6.45, 7) is 0. The molecule has 0 aliphatic rings. The molecule has 0 amide bonds. The van der Waals surface area contributed by atoms with Crippen molar-refractivity contribution >= 4 is 0 Å². The average molecular weight is 321 g/mol. The molecule has 0 radical (unpaired) electrons. The van der Waals surface area contributed by atoms with Crippen LogP contribution in [0.2, 0.25) is 0 Å². The summed E-state index contributed by atoms with van der Waals surface area (Å²) in [7, 11) is 6.01. The van der Waals surface area contributed by atoms with Crippen LogP contribution in [0.4, 0.5) is 13.2 Å². The smallest absolute Gasteiger partial charge is 0.405 e. The van der Waals surface area contributed by atoms with E-state index < -0.39 is 18.3 Å². The minimum atomic E-state index is -4.35. The first-order valence-corrected chi connectivity index (χ1v) is 6.75. The predicted octanol–water partition coefficient (Wildman–Crippen LogP) is 2.01. The molecule has 0 heterocycles. The van der Waals surface area contributed by atoms with Gasteiger partial charge in [-0.25, -0.2) is 5.43 Å². The molecule has 0 saturated carbocycles. The predicted molar refractivity (Wildman–Crippen MR) is 78.0 cm³/mol. The maximum Gasteiger partial charge on any atom is 0.405 e. The zero-order chi connectivity index (χ0) is 16.8. The first-order valence-electron chi connectivity index (χ1n) is 6.75. The normalized spacial score (nSPS) is 14.5. The van der Waals surface area contributed by atoms with Crippen LogP contribution < -0.4 is 25.6 Å². The molecule has 0 aliphatic carbocycles. The fourth-order valence-corrected chi connectivity index (χ4v) is 2.17. The molecule has 5 nitrogen and oxygen atoms in total. The largest absolute Gasteiger partial charge is 0.493 e. The molecule has 22 heavy (non-hydrogen) atoms. The van der Waals surface area contributed by atoms with E-state index in [4.69, 9.17) is 9.47 Å². The molecule has 1 aromatic carbocycles. The fraction of sp³-hybridized carbons (Fsp3) is 0.571. The van der Waals surface area contributed by atoms with Crippen LogP contribution in [0.25, 0.3) is 0 Å². The minimum Gasteiger partial charge on any atom is -0.493 e. The van der Waals surface area contributed by atoms with Gasteiger partial charge in [0.15, 0.2) is 11.5 Å². The van der Waals surface area contributed by atoms with Crippen molar-refractivity contribution in [3.8, 4) is 11.5 Å². The second kappa shape index (κ2) is 8.21. The Morgan fingerprint density at radius 2 is 1.73 bits per heavy atom. The van der Waals surface area contributed by atoms with E-state index in [9.17, 15) is 13.2 Å². The van der Waals surface area contributed by atoms with E-state index in [1.807, 2.05) is 0 Å². The molecule has 1 rings (SSSR count). The van der Waals surface area contributed by atoms with Gasteiger partial charge in [-0.15, -0.1) is 0 Å². The van der Waals surface area contributed by atoms with Crippen molar-refractivity contribution < 1.29 is 22.6 Å². The molecular formula is C14H22F3N3O2. The van der Waals surface area contributed by atoms with E-state index in [0.717, 1.165) is 0 Å². The number of rotatable bonds is 8. The van der Waals surface area contributed by atoms with Crippen LogP contribution in [0.5, 0.6) is 11.5 Å². The summed E-state index contributed by atoms with van der Waals surface area (Å²) in [5.74, 6) is 1.01. The summed E-state index contributed by atoms with van der Waals surface area (Å²) in [4.78, 5) is 0. The van der Waals surface area contributed by atoms with Crippen molar-refractivity contribution in [3.05, 3.63) is 23.8 Å². The topological polar surface area (TPSA) is 54.5 Å². The van der Waals surface area contributed by atoms with Gasteiger partial charge in [0.25, 0.3) is 0 Å². The zero-order valence-electron chi connectivity index (χ0n) is 13.0. The fourth-order valence-electron chi connectivity index (χ4n) is 2.17. The van der Waals surface area contributed by atoms with Gasteiger partial charge in [0.1, 0.15) is 6.04 Å². The lowest BCUT2D eigenvalue weighted by atomic mass is 9.99. The zero-order valence-corrected chi connectivity index (χ0v) is 13.0. The van der Waals surface area contributed by atoms with Crippen molar-refractivity contribution in [1.82, 2.24) is 16.2 Å². The van der Waals surface area contributed by atoms with Crippen LogP contribution in [0.3, 0.4) is 0 Å². The van der Waals surface area contributed by atoms with Gasteiger partial charge in [0.2, 0.25) is 0 Å². The van der Waals surface area contributed by atoms with Crippen molar-refractivity contribution in [2.24, 2.45) is 0 Å². The number of halogens is 3. The first-order chi connectivity index (χ1) is 10.4. The Kier molecular flexibility index (Phi) is 6.92. The molecule has 0 fully saturated rings. The van der Waals surface area contributed by atoms with Crippen molar-refractivity contribution in [1.29, 1.82) is 0 Å². The average Bonchev–Trinajstić information content (AvgIpc) is 2.49. The number of alkyl halides is 3. The van der Waals surface area contributed by atoms with E-state index in [1.165, 1.54) is 21.3 Å². The Morgan fingerprint density at radius 3 is 2.18 bits per heavy atom. The third-order valence-electron chi connectivity index (χ3n) is 3.34. The van der Waals surface area contributed by atoms with E-state index in [1.54, 1.807) is 25.2 Å². The summed E-state index contributed by atoms with van der Waals surface area (Å²) in [5.41, 5.74) is 5.28. The number of hydrogen-bond acceptors (Lipinski definition) is 5. The Bertz CT molecular complexity index is 469. The highest BCUT2D eigenvalue weighted by Crippen LogP contribution is 2.33. The molecule has 3 N–H and O–H groups in total. The summed E-state index contributed by atoms with van der Waals surface area (Å²) >= 11 is 0. The molecule has 0 aliphatic heterocycles. The number of ether oxygens (including phenoxy) is 2. The quantitative estimate of drug-likeness (QED) is 0.640. The van der Waals surface area contributed by atoms with Gasteiger partial charge < -0.3 is 14.8 Å². The molecule has 126 valence electrons. The third kappa shape index (κ3) is 4.75. The Morgan fingerprint density at radius 1 is 1.09 bits per heavy atom. The minimum absolute atomic E-state index is 0.170. The van der Waals surface area contributed by atoms with Gasteiger partial charge in [-0.05, 0) is 38.2 Å². The number of nitrogens with one attached hydrogen (secondary N) is 3. The highest BCUT2D eigenvalue weighted by atomic mass is 19.4. The number of hydrogen-bond donors (Lipinski definition) is 3. The molecule has 0 spiro atoms. The number of hydrazine groups is 1. The van der Waals surface area contributed by atoms with Gasteiger partial charge in [-0.3, -0.25) is 5.43 Å². The molecule has 2 atom stereocenters. The van der Waals surface area contributed by atoms with Crippen LogP contribution in [0, 0.1) is 0 Å². The van der Waals surface area contributed by atoms with Crippen LogP contribution in [0.1, 0.15) is 18.0 Å². The van der Waals surface area contributed by atoms with Crippen molar-refractivity contribution in [2.45, 2.75) is 24.7 Å². The second-order valence-electron chi connectivity index (χ2n) is 4.68. The first kappa shape index (κ1) is 18.5. The Balaban J connectivity index is 3.00. The lowest BCUT2D eigenvalue weighted by Crippen LogP contribution is -2.49. The van der Waals surface area contributed by atoms with E-state index in [0.29, 0.717) is 17.1 Å². The lowest BCUT2D eigenvalue weighted by Gasteiger charge is -2.26.